The fourth-order valence-corrected chi connectivity index (χ4v) is 2.46. The Kier molecular flexibility index (Phi) is 5.51. The van der Waals surface area contributed by atoms with Crippen LogP contribution in [-0.4, -0.2) is 20.7 Å². The first-order valence-corrected chi connectivity index (χ1v) is 8.16. The molecule has 3 aromatic rings. The molecule has 1 amide bonds. The maximum atomic E-state index is 12.9. The van der Waals surface area contributed by atoms with E-state index in [1.54, 1.807) is 35.3 Å². The average Bonchev–Trinajstić information content (AvgIpc) is 3.08. The molecular weight excluding hydrogens is 319 g/mol. The van der Waals surface area contributed by atoms with Crippen LogP contribution >= 0.6 is 0 Å². The molecule has 6 heteroatoms. The minimum atomic E-state index is -0.273. The highest BCUT2D eigenvalue weighted by atomic mass is 19.1. The van der Waals surface area contributed by atoms with E-state index in [0.29, 0.717) is 18.7 Å². The summed E-state index contributed by atoms with van der Waals surface area (Å²) in [5.41, 5.74) is 2.12. The maximum absolute atomic E-state index is 12.9. The van der Waals surface area contributed by atoms with Gasteiger partial charge in [-0.2, -0.15) is 5.10 Å². The lowest BCUT2D eigenvalue weighted by Crippen LogP contribution is -2.13. The summed E-state index contributed by atoms with van der Waals surface area (Å²) in [6.07, 6.45) is 7.12. The number of nitrogens with one attached hydrogen (secondary N) is 1. The van der Waals surface area contributed by atoms with E-state index in [0.717, 1.165) is 18.5 Å². The van der Waals surface area contributed by atoms with Crippen molar-refractivity contribution in [1.82, 2.24) is 14.8 Å². The molecule has 25 heavy (non-hydrogen) atoms. The fourth-order valence-electron chi connectivity index (χ4n) is 2.46. The Balaban J connectivity index is 1.45. The summed E-state index contributed by atoms with van der Waals surface area (Å²) in [5, 5.41) is 7.14. The van der Waals surface area contributed by atoms with Gasteiger partial charge in [0, 0.05) is 37.6 Å². The van der Waals surface area contributed by atoms with Gasteiger partial charge in [0.15, 0.2) is 5.82 Å². The zero-order valence-electron chi connectivity index (χ0n) is 13.7. The monoisotopic (exact) mass is 338 g/mol. The lowest BCUT2D eigenvalue weighted by Gasteiger charge is -2.04. The Labute approximate surface area is 145 Å². The maximum Gasteiger partial charge on any atom is 0.225 e. The molecule has 0 fully saturated rings. The molecule has 0 atom stereocenters. The number of rotatable bonds is 7. The van der Waals surface area contributed by atoms with Crippen LogP contribution in [0, 0.1) is 5.82 Å². The van der Waals surface area contributed by atoms with E-state index in [4.69, 9.17) is 0 Å². The highest BCUT2D eigenvalue weighted by Gasteiger charge is 2.06. The first-order valence-electron chi connectivity index (χ1n) is 8.16. The second kappa shape index (κ2) is 8.19. The zero-order chi connectivity index (χ0) is 17.5. The van der Waals surface area contributed by atoms with Crippen molar-refractivity contribution >= 4 is 11.7 Å². The van der Waals surface area contributed by atoms with E-state index < -0.39 is 0 Å². The minimum Gasteiger partial charge on any atom is -0.309 e. The van der Waals surface area contributed by atoms with Gasteiger partial charge in [-0.15, -0.1) is 0 Å². The van der Waals surface area contributed by atoms with Gasteiger partial charge < -0.3 is 5.32 Å². The lowest BCUT2D eigenvalue weighted by molar-refractivity contribution is -0.116. The first-order chi connectivity index (χ1) is 12.2. The lowest BCUT2D eigenvalue weighted by atomic mass is 10.1. The number of hydrogen-bond donors (Lipinski definition) is 1. The van der Waals surface area contributed by atoms with Crippen LogP contribution in [0.15, 0.2) is 61.1 Å². The topological polar surface area (TPSA) is 59.8 Å². The number of carbonyl (C=O) groups excluding carboxylic acids is 1. The van der Waals surface area contributed by atoms with Crippen molar-refractivity contribution in [2.75, 3.05) is 5.32 Å². The highest BCUT2D eigenvalue weighted by molar-refractivity contribution is 5.89. The largest absolute Gasteiger partial charge is 0.309 e. The van der Waals surface area contributed by atoms with E-state index in [1.807, 2.05) is 18.3 Å². The van der Waals surface area contributed by atoms with E-state index >= 15 is 0 Å². The van der Waals surface area contributed by atoms with Crippen LogP contribution in [0.4, 0.5) is 10.2 Å². The third-order valence-electron chi connectivity index (χ3n) is 3.84. The fraction of sp³-hybridized carbons (Fsp3) is 0.211. The van der Waals surface area contributed by atoms with Gasteiger partial charge in [0.25, 0.3) is 0 Å². The second-order valence-corrected chi connectivity index (χ2v) is 5.74. The van der Waals surface area contributed by atoms with Crippen LogP contribution in [0.3, 0.4) is 0 Å². The van der Waals surface area contributed by atoms with Gasteiger partial charge in [-0.25, -0.2) is 4.39 Å². The summed E-state index contributed by atoms with van der Waals surface area (Å²) in [4.78, 5) is 16.0. The summed E-state index contributed by atoms with van der Waals surface area (Å²) in [6, 6.07) is 11.9. The van der Waals surface area contributed by atoms with Crippen molar-refractivity contribution < 1.29 is 9.18 Å². The number of benzene rings is 1. The molecule has 3 rings (SSSR count). The van der Waals surface area contributed by atoms with Crippen LogP contribution in [0.1, 0.15) is 17.5 Å². The molecule has 0 aliphatic carbocycles. The number of aromatic nitrogens is 3. The summed E-state index contributed by atoms with van der Waals surface area (Å²) < 4.78 is 14.7. The molecule has 1 aromatic carbocycles. The third kappa shape index (κ3) is 5.24. The van der Waals surface area contributed by atoms with Crippen molar-refractivity contribution in [2.45, 2.75) is 25.8 Å². The Bertz CT molecular complexity index is 815. The number of nitrogens with zero attached hydrogens (tertiary/aromatic N) is 3. The Morgan fingerprint density at radius 3 is 2.48 bits per heavy atom. The zero-order valence-corrected chi connectivity index (χ0v) is 13.7. The quantitative estimate of drug-likeness (QED) is 0.719. The summed E-state index contributed by atoms with van der Waals surface area (Å²) in [7, 11) is 0. The number of aryl methyl sites for hydroxylation is 3. The van der Waals surface area contributed by atoms with E-state index in [-0.39, 0.29) is 11.7 Å². The van der Waals surface area contributed by atoms with Gasteiger partial charge in [0.1, 0.15) is 5.82 Å². The number of pyridine rings is 1. The Morgan fingerprint density at radius 1 is 1.00 bits per heavy atom. The van der Waals surface area contributed by atoms with Gasteiger partial charge in [-0.05, 0) is 48.2 Å². The van der Waals surface area contributed by atoms with E-state index in [1.165, 1.54) is 17.7 Å². The van der Waals surface area contributed by atoms with Crippen LogP contribution in [-0.2, 0) is 24.2 Å². The van der Waals surface area contributed by atoms with Gasteiger partial charge in [0.2, 0.25) is 5.91 Å². The average molecular weight is 338 g/mol. The van der Waals surface area contributed by atoms with Crippen LogP contribution in [0.5, 0.6) is 0 Å². The van der Waals surface area contributed by atoms with Gasteiger partial charge in [-0.1, -0.05) is 12.1 Å². The molecule has 0 radical (unpaired) electrons. The Hall–Kier alpha value is -3.02. The normalized spacial score (nSPS) is 10.6. The predicted molar refractivity (Wildman–Crippen MR) is 93.5 cm³/mol. The van der Waals surface area contributed by atoms with E-state index in [2.05, 4.69) is 15.4 Å². The van der Waals surface area contributed by atoms with Gasteiger partial charge >= 0.3 is 0 Å². The highest BCUT2D eigenvalue weighted by Crippen LogP contribution is 2.08. The van der Waals surface area contributed by atoms with Crippen LogP contribution in [0.2, 0.25) is 0 Å². The van der Waals surface area contributed by atoms with Crippen molar-refractivity contribution in [2.24, 2.45) is 0 Å². The number of amides is 1. The van der Waals surface area contributed by atoms with Gasteiger partial charge in [0.05, 0.1) is 0 Å². The molecule has 0 aliphatic rings. The van der Waals surface area contributed by atoms with Crippen molar-refractivity contribution in [3.8, 4) is 0 Å². The third-order valence-corrected chi connectivity index (χ3v) is 3.84. The number of anilines is 1. The molecule has 0 aliphatic heterocycles. The number of halogens is 1. The van der Waals surface area contributed by atoms with Crippen molar-refractivity contribution in [3.05, 3.63) is 78.0 Å². The predicted octanol–water partition coefficient (Wildman–Crippen LogP) is 3.23. The van der Waals surface area contributed by atoms with Crippen LogP contribution < -0.4 is 5.32 Å². The van der Waals surface area contributed by atoms with E-state index in [9.17, 15) is 9.18 Å². The Morgan fingerprint density at radius 2 is 1.72 bits per heavy atom. The summed E-state index contributed by atoms with van der Waals surface area (Å²) >= 11 is 0. The number of carbonyl (C=O) groups is 1. The minimum absolute atomic E-state index is 0.108. The SMILES string of the molecule is O=C(CCc1ccc(F)cc1)Nc1ccn(CCc2ccncc2)n1. The smallest absolute Gasteiger partial charge is 0.225 e. The molecule has 0 saturated heterocycles. The summed E-state index contributed by atoms with van der Waals surface area (Å²) in [6.45, 7) is 0.732. The first kappa shape index (κ1) is 16.8. The molecule has 0 saturated carbocycles. The molecule has 1 N–H and O–H groups in total. The molecule has 2 aromatic heterocycles. The number of hydrogen-bond acceptors (Lipinski definition) is 3. The summed E-state index contributed by atoms with van der Waals surface area (Å²) in [5.74, 6) is 0.160. The molecular formula is C19H19FN4O. The van der Waals surface area contributed by atoms with Crippen molar-refractivity contribution in [1.29, 1.82) is 0 Å². The molecule has 5 nitrogen and oxygen atoms in total. The molecule has 0 spiro atoms. The second-order valence-electron chi connectivity index (χ2n) is 5.74. The molecule has 128 valence electrons. The molecule has 0 unspecified atom stereocenters. The molecule has 2 heterocycles. The molecule has 0 bridgehead atoms. The van der Waals surface area contributed by atoms with Crippen LogP contribution in [0.25, 0.3) is 0 Å². The van der Waals surface area contributed by atoms with Gasteiger partial charge in [-0.3, -0.25) is 14.5 Å². The standard InChI is InChI=1S/C19H19FN4O/c20-17-4-1-15(2-5-17)3-6-19(25)22-18-10-14-24(23-18)13-9-16-7-11-21-12-8-16/h1-2,4-5,7-8,10-12,14H,3,6,9,13H2,(H,22,23,25). The van der Waals surface area contributed by atoms with Crippen molar-refractivity contribution in [3.63, 3.8) is 0 Å².